The first-order valence-electron chi connectivity index (χ1n) is 4.21. The van der Waals surface area contributed by atoms with E-state index in [9.17, 15) is 0 Å². The maximum absolute atomic E-state index is 5.82. The van der Waals surface area contributed by atoms with E-state index in [0.29, 0.717) is 5.92 Å². The molecular weight excluding hydrogens is 146 g/mol. The van der Waals surface area contributed by atoms with Crippen LogP contribution in [0.5, 0.6) is 0 Å². The number of benzene rings is 1. The van der Waals surface area contributed by atoms with Crippen LogP contribution in [-0.2, 0) is 0 Å². The van der Waals surface area contributed by atoms with Crippen LogP contribution in [0.15, 0.2) is 36.9 Å². The lowest BCUT2D eigenvalue weighted by atomic mass is 9.96. The van der Waals surface area contributed by atoms with Crippen LogP contribution in [0.1, 0.15) is 24.8 Å². The number of rotatable bonds is 3. The Kier molecular flexibility index (Phi) is 2.92. The van der Waals surface area contributed by atoms with Crippen molar-refractivity contribution >= 4 is 5.69 Å². The van der Waals surface area contributed by atoms with Gasteiger partial charge < -0.3 is 5.73 Å². The van der Waals surface area contributed by atoms with Gasteiger partial charge in [0.2, 0.25) is 0 Å². The van der Waals surface area contributed by atoms with Crippen molar-refractivity contribution < 1.29 is 0 Å². The molecule has 0 bridgehead atoms. The highest BCUT2D eigenvalue weighted by Gasteiger charge is 2.05. The van der Waals surface area contributed by atoms with Crippen molar-refractivity contribution in [3.63, 3.8) is 0 Å². The van der Waals surface area contributed by atoms with Gasteiger partial charge in [0.05, 0.1) is 0 Å². The van der Waals surface area contributed by atoms with Crippen LogP contribution in [0.25, 0.3) is 0 Å². The molecule has 0 aromatic heterocycles. The molecule has 0 heterocycles. The molecule has 0 fully saturated rings. The van der Waals surface area contributed by atoms with E-state index in [1.807, 2.05) is 24.3 Å². The van der Waals surface area contributed by atoms with E-state index in [0.717, 1.165) is 12.1 Å². The van der Waals surface area contributed by atoms with Gasteiger partial charge in [-0.2, -0.15) is 0 Å². The maximum Gasteiger partial charge on any atom is 0.0349 e. The summed E-state index contributed by atoms with van der Waals surface area (Å²) in [5.74, 6) is 0.476. The molecule has 64 valence electrons. The molecule has 1 heteroatoms. The molecule has 0 aliphatic heterocycles. The van der Waals surface area contributed by atoms with Gasteiger partial charge in [-0.1, -0.05) is 31.2 Å². The molecule has 1 rings (SSSR count). The van der Waals surface area contributed by atoms with E-state index in [4.69, 9.17) is 5.73 Å². The summed E-state index contributed by atoms with van der Waals surface area (Å²) >= 11 is 0. The molecule has 1 nitrogen and oxygen atoms in total. The molecule has 12 heavy (non-hydrogen) atoms. The predicted octanol–water partition coefficient (Wildman–Crippen LogP) is 2.95. The minimum absolute atomic E-state index is 0.476. The number of nitrogens with two attached hydrogens (primary N) is 1. The fraction of sp³-hybridized carbons (Fsp3) is 0.273. The normalized spacial score (nSPS) is 12.4. The Morgan fingerprint density at radius 3 is 2.75 bits per heavy atom. The molecule has 0 spiro atoms. The third-order valence-electron chi connectivity index (χ3n) is 2.05. The number of para-hydroxylation sites is 1. The summed E-state index contributed by atoms with van der Waals surface area (Å²) in [5.41, 5.74) is 7.92. The fourth-order valence-corrected chi connectivity index (χ4v) is 1.34. The van der Waals surface area contributed by atoms with E-state index in [2.05, 4.69) is 19.6 Å². The SMILES string of the molecule is C=CCC(C)c1ccccc1N. The zero-order valence-corrected chi connectivity index (χ0v) is 7.46. The van der Waals surface area contributed by atoms with Gasteiger partial charge in [-0.05, 0) is 24.0 Å². The summed E-state index contributed by atoms with van der Waals surface area (Å²) < 4.78 is 0. The average Bonchev–Trinajstić information content (AvgIpc) is 2.05. The van der Waals surface area contributed by atoms with Crippen LogP contribution < -0.4 is 5.73 Å². The minimum Gasteiger partial charge on any atom is -0.398 e. The van der Waals surface area contributed by atoms with Crippen molar-refractivity contribution in [1.29, 1.82) is 0 Å². The van der Waals surface area contributed by atoms with Crippen molar-refractivity contribution in [3.05, 3.63) is 42.5 Å². The topological polar surface area (TPSA) is 26.0 Å². The Morgan fingerprint density at radius 1 is 1.50 bits per heavy atom. The van der Waals surface area contributed by atoms with Gasteiger partial charge in [0.15, 0.2) is 0 Å². The lowest BCUT2D eigenvalue weighted by molar-refractivity contribution is 0.784. The van der Waals surface area contributed by atoms with Crippen molar-refractivity contribution in [2.24, 2.45) is 0 Å². The lowest BCUT2D eigenvalue weighted by Gasteiger charge is -2.11. The molecule has 0 amide bonds. The molecule has 0 saturated carbocycles. The van der Waals surface area contributed by atoms with Gasteiger partial charge in [-0.15, -0.1) is 6.58 Å². The van der Waals surface area contributed by atoms with Crippen LogP contribution in [0.4, 0.5) is 5.69 Å². The van der Waals surface area contributed by atoms with E-state index < -0.39 is 0 Å². The zero-order chi connectivity index (χ0) is 8.97. The zero-order valence-electron chi connectivity index (χ0n) is 7.46. The Labute approximate surface area is 73.9 Å². The van der Waals surface area contributed by atoms with Gasteiger partial charge in [0.1, 0.15) is 0 Å². The number of allylic oxidation sites excluding steroid dienone is 1. The Morgan fingerprint density at radius 2 is 2.17 bits per heavy atom. The summed E-state index contributed by atoms with van der Waals surface area (Å²) in [7, 11) is 0. The fourth-order valence-electron chi connectivity index (χ4n) is 1.34. The average molecular weight is 161 g/mol. The van der Waals surface area contributed by atoms with Crippen molar-refractivity contribution in [2.75, 3.05) is 5.73 Å². The Hall–Kier alpha value is -1.24. The highest BCUT2D eigenvalue weighted by atomic mass is 14.6. The Balaban J connectivity index is 2.86. The van der Waals surface area contributed by atoms with E-state index in [-0.39, 0.29) is 0 Å². The maximum atomic E-state index is 5.82. The lowest BCUT2D eigenvalue weighted by Crippen LogP contribution is -1.97. The van der Waals surface area contributed by atoms with Gasteiger partial charge in [-0.25, -0.2) is 0 Å². The van der Waals surface area contributed by atoms with Crippen LogP contribution in [-0.4, -0.2) is 0 Å². The molecule has 2 N–H and O–H groups in total. The highest BCUT2D eigenvalue weighted by molar-refractivity contribution is 5.48. The summed E-state index contributed by atoms with van der Waals surface area (Å²) in [6.07, 6.45) is 2.91. The van der Waals surface area contributed by atoms with Crippen molar-refractivity contribution in [1.82, 2.24) is 0 Å². The van der Waals surface area contributed by atoms with Gasteiger partial charge >= 0.3 is 0 Å². The van der Waals surface area contributed by atoms with E-state index in [1.54, 1.807) is 0 Å². The number of anilines is 1. The summed E-state index contributed by atoms with van der Waals surface area (Å²) in [4.78, 5) is 0. The number of nitrogen functional groups attached to an aromatic ring is 1. The smallest absolute Gasteiger partial charge is 0.0349 e. The van der Waals surface area contributed by atoms with Crippen molar-refractivity contribution in [3.8, 4) is 0 Å². The van der Waals surface area contributed by atoms with Crippen molar-refractivity contribution in [2.45, 2.75) is 19.3 Å². The van der Waals surface area contributed by atoms with Gasteiger partial charge in [0, 0.05) is 5.69 Å². The molecule has 0 radical (unpaired) electrons. The molecular formula is C11H15N. The second-order valence-corrected chi connectivity index (χ2v) is 3.05. The molecule has 1 atom stereocenters. The van der Waals surface area contributed by atoms with E-state index >= 15 is 0 Å². The standard InChI is InChI=1S/C11H15N/c1-3-6-9(2)10-7-4-5-8-11(10)12/h3-5,7-9H,1,6,12H2,2H3. The second-order valence-electron chi connectivity index (χ2n) is 3.05. The molecule has 0 aliphatic carbocycles. The van der Waals surface area contributed by atoms with Crippen LogP contribution in [0.3, 0.4) is 0 Å². The van der Waals surface area contributed by atoms with E-state index in [1.165, 1.54) is 5.56 Å². The third kappa shape index (κ3) is 1.88. The molecule has 1 aromatic rings. The second kappa shape index (κ2) is 3.96. The third-order valence-corrected chi connectivity index (χ3v) is 2.05. The summed E-state index contributed by atoms with van der Waals surface area (Å²) in [6.45, 7) is 5.88. The van der Waals surface area contributed by atoms with Gasteiger partial charge in [0.25, 0.3) is 0 Å². The first-order chi connectivity index (χ1) is 5.75. The molecule has 1 unspecified atom stereocenters. The first kappa shape index (κ1) is 8.85. The Bertz CT molecular complexity index is 265. The largest absolute Gasteiger partial charge is 0.398 e. The van der Waals surface area contributed by atoms with Gasteiger partial charge in [-0.3, -0.25) is 0 Å². The molecule has 0 aliphatic rings. The quantitative estimate of drug-likeness (QED) is 0.535. The highest BCUT2D eigenvalue weighted by Crippen LogP contribution is 2.24. The van der Waals surface area contributed by atoms with Crippen LogP contribution >= 0.6 is 0 Å². The summed E-state index contributed by atoms with van der Waals surface area (Å²) in [5, 5.41) is 0. The predicted molar refractivity (Wildman–Crippen MR) is 54.1 cm³/mol. The van der Waals surface area contributed by atoms with Crippen LogP contribution in [0.2, 0.25) is 0 Å². The number of hydrogen-bond donors (Lipinski definition) is 1. The number of hydrogen-bond acceptors (Lipinski definition) is 1. The van der Waals surface area contributed by atoms with Crippen LogP contribution in [0, 0.1) is 0 Å². The monoisotopic (exact) mass is 161 g/mol. The summed E-state index contributed by atoms with van der Waals surface area (Å²) in [6, 6.07) is 7.99. The molecule has 0 saturated heterocycles. The first-order valence-corrected chi connectivity index (χ1v) is 4.21. The minimum atomic E-state index is 0.476. The molecule has 1 aromatic carbocycles.